The zero-order valence-corrected chi connectivity index (χ0v) is 10.5. The number of nitrogens with one attached hydrogen (secondary N) is 1. The molecule has 0 bridgehead atoms. The van der Waals surface area contributed by atoms with E-state index in [4.69, 9.17) is 11.6 Å². The quantitative estimate of drug-likeness (QED) is 0.852. The molecule has 3 nitrogen and oxygen atoms in total. The SMILES string of the molecule is Cc1cnc(CNCc2cccnc2Cl)s1. The molecule has 0 aliphatic rings. The first-order valence-corrected chi connectivity index (χ1v) is 6.16. The second-order valence-corrected chi connectivity index (χ2v) is 5.10. The Hall–Kier alpha value is -0.970. The lowest BCUT2D eigenvalue weighted by molar-refractivity contribution is 0.688. The molecule has 0 unspecified atom stereocenters. The van der Waals surface area contributed by atoms with Gasteiger partial charge in [0.05, 0.1) is 0 Å². The number of hydrogen-bond acceptors (Lipinski definition) is 4. The van der Waals surface area contributed by atoms with Crippen LogP contribution in [-0.2, 0) is 13.1 Å². The van der Waals surface area contributed by atoms with Crippen molar-refractivity contribution in [3.05, 3.63) is 45.1 Å². The van der Waals surface area contributed by atoms with E-state index in [9.17, 15) is 0 Å². The number of aromatic nitrogens is 2. The number of thiazole rings is 1. The molecule has 0 spiro atoms. The standard InChI is InChI=1S/C11H12ClN3S/c1-8-5-15-10(16-8)7-13-6-9-3-2-4-14-11(9)12/h2-5,13H,6-7H2,1H3. The number of nitrogens with zero attached hydrogens (tertiary/aromatic N) is 2. The molecular weight excluding hydrogens is 242 g/mol. The molecule has 0 aliphatic heterocycles. The third kappa shape index (κ3) is 3.01. The molecule has 0 amide bonds. The smallest absolute Gasteiger partial charge is 0.133 e. The Balaban J connectivity index is 1.87. The molecule has 16 heavy (non-hydrogen) atoms. The van der Waals surface area contributed by atoms with E-state index in [-0.39, 0.29) is 0 Å². The van der Waals surface area contributed by atoms with Crippen molar-refractivity contribution in [3.63, 3.8) is 0 Å². The Morgan fingerprint density at radius 2 is 2.25 bits per heavy atom. The van der Waals surface area contributed by atoms with E-state index < -0.39 is 0 Å². The van der Waals surface area contributed by atoms with Crippen LogP contribution in [0.3, 0.4) is 0 Å². The van der Waals surface area contributed by atoms with Gasteiger partial charge in [0.25, 0.3) is 0 Å². The van der Waals surface area contributed by atoms with Crippen molar-refractivity contribution >= 4 is 22.9 Å². The number of aryl methyl sites for hydroxylation is 1. The summed E-state index contributed by atoms with van der Waals surface area (Å²) in [6, 6.07) is 3.85. The monoisotopic (exact) mass is 253 g/mol. The molecule has 2 rings (SSSR count). The first kappa shape index (κ1) is 11.5. The first-order valence-electron chi connectivity index (χ1n) is 4.97. The number of halogens is 1. The third-order valence-corrected chi connectivity index (χ3v) is 3.35. The molecule has 0 fully saturated rings. The van der Waals surface area contributed by atoms with Crippen molar-refractivity contribution in [2.75, 3.05) is 0 Å². The molecule has 0 aromatic carbocycles. The summed E-state index contributed by atoms with van der Waals surface area (Å²) in [6.45, 7) is 3.54. The molecule has 0 atom stereocenters. The Morgan fingerprint density at radius 3 is 2.94 bits per heavy atom. The van der Waals surface area contributed by atoms with Crippen LogP contribution < -0.4 is 5.32 Å². The number of hydrogen-bond donors (Lipinski definition) is 1. The van der Waals surface area contributed by atoms with Gasteiger partial charge >= 0.3 is 0 Å². The van der Waals surface area contributed by atoms with Crippen molar-refractivity contribution in [1.82, 2.24) is 15.3 Å². The first-order chi connectivity index (χ1) is 7.75. The van der Waals surface area contributed by atoms with Crippen LogP contribution in [0, 0.1) is 6.92 Å². The Labute approximate surface area is 104 Å². The minimum absolute atomic E-state index is 0.560. The van der Waals surface area contributed by atoms with Crippen LogP contribution in [0.5, 0.6) is 0 Å². The molecule has 5 heteroatoms. The topological polar surface area (TPSA) is 37.8 Å². The molecule has 0 saturated carbocycles. The average Bonchev–Trinajstić information content (AvgIpc) is 2.67. The van der Waals surface area contributed by atoms with E-state index in [2.05, 4.69) is 22.2 Å². The molecule has 1 N–H and O–H groups in total. The highest BCUT2D eigenvalue weighted by atomic mass is 35.5. The zero-order chi connectivity index (χ0) is 11.4. The maximum absolute atomic E-state index is 5.95. The lowest BCUT2D eigenvalue weighted by Crippen LogP contribution is -2.12. The average molecular weight is 254 g/mol. The molecule has 2 aromatic rings. The van der Waals surface area contributed by atoms with Crippen LogP contribution in [0.1, 0.15) is 15.4 Å². The van der Waals surface area contributed by atoms with E-state index in [1.165, 1.54) is 4.88 Å². The highest BCUT2D eigenvalue weighted by Crippen LogP contribution is 2.13. The van der Waals surface area contributed by atoms with Crippen molar-refractivity contribution in [1.29, 1.82) is 0 Å². The fourth-order valence-corrected chi connectivity index (χ4v) is 2.28. The lowest BCUT2D eigenvalue weighted by Gasteiger charge is -2.03. The predicted molar refractivity (Wildman–Crippen MR) is 66.6 cm³/mol. The summed E-state index contributed by atoms with van der Waals surface area (Å²) < 4.78 is 0. The summed E-state index contributed by atoms with van der Waals surface area (Å²) in [4.78, 5) is 9.53. The molecule has 0 radical (unpaired) electrons. The second-order valence-electron chi connectivity index (χ2n) is 3.42. The van der Waals surface area contributed by atoms with Gasteiger partial charge in [-0.1, -0.05) is 17.7 Å². The zero-order valence-electron chi connectivity index (χ0n) is 8.90. The van der Waals surface area contributed by atoms with E-state index in [0.29, 0.717) is 11.7 Å². The maximum Gasteiger partial charge on any atom is 0.133 e. The second kappa shape index (κ2) is 5.39. The van der Waals surface area contributed by atoms with Crippen LogP contribution in [0.2, 0.25) is 5.15 Å². The molecule has 0 saturated heterocycles. The van der Waals surface area contributed by atoms with Crippen LogP contribution in [0.15, 0.2) is 24.5 Å². The highest BCUT2D eigenvalue weighted by Gasteiger charge is 2.01. The van der Waals surface area contributed by atoms with Crippen molar-refractivity contribution < 1.29 is 0 Å². The summed E-state index contributed by atoms with van der Waals surface area (Å²) in [6.07, 6.45) is 3.58. The van der Waals surface area contributed by atoms with Gasteiger partial charge in [-0.2, -0.15) is 0 Å². The fraction of sp³-hybridized carbons (Fsp3) is 0.273. The van der Waals surface area contributed by atoms with Crippen LogP contribution in [-0.4, -0.2) is 9.97 Å². The molecule has 0 aliphatic carbocycles. The normalized spacial score (nSPS) is 10.6. The Kier molecular flexibility index (Phi) is 3.88. The predicted octanol–water partition coefficient (Wildman–Crippen LogP) is 2.79. The maximum atomic E-state index is 5.95. The van der Waals surface area contributed by atoms with E-state index in [1.54, 1.807) is 17.5 Å². The van der Waals surface area contributed by atoms with Gasteiger partial charge < -0.3 is 5.32 Å². The molecule has 2 heterocycles. The van der Waals surface area contributed by atoms with Crippen LogP contribution in [0.4, 0.5) is 0 Å². The van der Waals surface area contributed by atoms with Gasteiger partial charge in [-0.3, -0.25) is 0 Å². The molecule has 2 aromatic heterocycles. The van der Waals surface area contributed by atoms with Gasteiger partial charge in [-0.05, 0) is 13.0 Å². The van der Waals surface area contributed by atoms with Gasteiger partial charge in [-0.15, -0.1) is 11.3 Å². The van der Waals surface area contributed by atoms with Crippen molar-refractivity contribution in [3.8, 4) is 0 Å². The van der Waals surface area contributed by atoms with Gasteiger partial charge in [0, 0.05) is 35.9 Å². The molecule has 84 valence electrons. The Bertz CT molecular complexity index is 470. The lowest BCUT2D eigenvalue weighted by atomic mass is 10.3. The van der Waals surface area contributed by atoms with Crippen molar-refractivity contribution in [2.24, 2.45) is 0 Å². The van der Waals surface area contributed by atoms with Gasteiger partial charge in [0.15, 0.2) is 0 Å². The fourth-order valence-electron chi connectivity index (χ4n) is 1.34. The van der Waals surface area contributed by atoms with Crippen molar-refractivity contribution in [2.45, 2.75) is 20.0 Å². The summed E-state index contributed by atoms with van der Waals surface area (Å²) in [5.74, 6) is 0. The van der Waals surface area contributed by atoms with Gasteiger partial charge in [-0.25, -0.2) is 9.97 Å². The minimum Gasteiger partial charge on any atom is -0.306 e. The third-order valence-electron chi connectivity index (χ3n) is 2.10. The highest BCUT2D eigenvalue weighted by molar-refractivity contribution is 7.11. The van der Waals surface area contributed by atoms with E-state index in [0.717, 1.165) is 17.1 Å². The van der Waals surface area contributed by atoms with Crippen LogP contribution >= 0.6 is 22.9 Å². The van der Waals surface area contributed by atoms with Crippen LogP contribution in [0.25, 0.3) is 0 Å². The molecular formula is C11H12ClN3S. The largest absolute Gasteiger partial charge is 0.306 e. The summed E-state index contributed by atoms with van der Waals surface area (Å²) in [5.41, 5.74) is 1.01. The van der Waals surface area contributed by atoms with Gasteiger partial charge in [0.2, 0.25) is 0 Å². The van der Waals surface area contributed by atoms with E-state index in [1.807, 2.05) is 18.3 Å². The Morgan fingerprint density at radius 1 is 1.38 bits per heavy atom. The van der Waals surface area contributed by atoms with E-state index >= 15 is 0 Å². The summed E-state index contributed by atoms with van der Waals surface area (Å²) in [5, 5.41) is 4.95. The summed E-state index contributed by atoms with van der Waals surface area (Å²) >= 11 is 7.65. The summed E-state index contributed by atoms with van der Waals surface area (Å²) in [7, 11) is 0. The number of rotatable bonds is 4. The number of pyridine rings is 1. The van der Waals surface area contributed by atoms with Gasteiger partial charge in [0.1, 0.15) is 10.2 Å². The minimum atomic E-state index is 0.560.